The average molecular weight is 385 g/mol. The molecule has 6 heteroatoms. The molecule has 3 aliphatic rings. The van der Waals surface area contributed by atoms with Crippen molar-refractivity contribution in [1.29, 1.82) is 0 Å². The maximum absolute atomic E-state index is 5.50. The van der Waals surface area contributed by atoms with Crippen molar-refractivity contribution in [3.63, 3.8) is 0 Å². The van der Waals surface area contributed by atoms with Crippen LogP contribution in [0.3, 0.4) is 0 Å². The van der Waals surface area contributed by atoms with Crippen molar-refractivity contribution < 1.29 is 4.74 Å². The fourth-order valence-electron chi connectivity index (χ4n) is 5.14. The van der Waals surface area contributed by atoms with Gasteiger partial charge in [0.2, 0.25) is 0 Å². The lowest BCUT2D eigenvalue weighted by molar-refractivity contribution is 0.0545. The first-order chi connectivity index (χ1) is 13.3. The Morgan fingerprint density at radius 1 is 1.07 bits per heavy atom. The van der Waals surface area contributed by atoms with Crippen molar-refractivity contribution in [1.82, 2.24) is 15.1 Å². The van der Waals surface area contributed by atoms with Gasteiger partial charge < -0.3 is 15.0 Å². The van der Waals surface area contributed by atoms with Gasteiger partial charge in [-0.1, -0.05) is 0 Å². The molecule has 0 aromatic carbocycles. The minimum absolute atomic E-state index is 0.548. The van der Waals surface area contributed by atoms with E-state index < -0.39 is 0 Å². The number of anilines is 1. The topological polar surface area (TPSA) is 50.3 Å². The van der Waals surface area contributed by atoms with Gasteiger partial charge in [-0.15, -0.1) is 10.2 Å². The zero-order valence-corrected chi connectivity index (χ0v) is 16.5. The van der Waals surface area contributed by atoms with Crippen molar-refractivity contribution >= 4 is 17.2 Å². The number of ether oxygens (including phenoxy) is 1. The van der Waals surface area contributed by atoms with Gasteiger partial charge in [-0.25, -0.2) is 0 Å². The zero-order valence-electron chi connectivity index (χ0n) is 15.7. The molecule has 2 aromatic heterocycles. The number of likely N-dealkylation sites (tertiary alicyclic amines) is 1. The highest BCUT2D eigenvalue weighted by Crippen LogP contribution is 2.39. The Bertz CT molecular complexity index is 715. The smallest absolute Gasteiger partial charge is 0.148 e. The van der Waals surface area contributed by atoms with E-state index in [1.165, 1.54) is 45.3 Å². The molecule has 0 amide bonds. The van der Waals surface area contributed by atoms with Crippen LogP contribution in [0.2, 0.25) is 0 Å². The third-order valence-corrected chi connectivity index (χ3v) is 7.20. The summed E-state index contributed by atoms with van der Waals surface area (Å²) in [4.78, 5) is 2.72. The molecule has 4 heterocycles. The van der Waals surface area contributed by atoms with Gasteiger partial charge >= 0.3 is 0 Å². The number of thiophene rings is 1. The van der Waals surface area contributed by atoms with Crippen LogP contribution in [0.25, 0.3) is 11.3 Å². The van der Waals surface area contributed by atoms with E-state index >= 15 is 0 Å². The van der Waals surface area contributed by atoms with E-state index in [0.29, 0.717) is 6.04 Å². The molecular weight excluding hydrogens is 356 g/mol. The Labute approximate surface area is 165 Å². The van der Waals surface area contributed by atoms with Gasteiger partial charge in [0.15, 0.2) is 0 Å². The number of hydrogen-bond acceptors (Lipinski definition) is 6. The van der Waals surface area contributed by atoms with E-state index in [-0.39, 0.29) is 0 Å². The van der Waals surface area contributed by atoms with E-state index in [1.807, 2.05) is 0 Å². The highest BCUT2D eigenvalue weighted by atomic mass is 32.1. The first-order valence-corrected chi connectivity index (χ1v) is 11.2. The Hall–Kier alpha value is -1.50. The van der Waals surface area contributed by atoms with Gasteiger partial charge in [0.05, 0.1) is 5.69 Å². The lowest BCUT2D eigenvalue weighted by Gasteiger charge is -2.27. The number of nitrogens with one attached hydrogen (secondary N) is 1. The van der Waals surface area contributed by atoms with E-state index in [0.717, 1.165) is 48.0 Å². The Morgan fingerprint density at radius 2 is 1.89 bits per heavy atom. The lowest BCUT2D eigenvalue weighted by Crippen LogP contribution is -2.32. The molecule has 2 aromatic rings. The van der Waals surface area contributed by atoms with Crippen molar-refractivity contribution in [2.45, 2.75) is 31.7 Å². The third kappa shape index (κ3) is 4.03. The summed E-state index contributed by atoms with van der Waals surface area (Å²) in [6.45, 7) is 5.77. The maximum Gasteiger partial charge on any atom is 0.148 e. The molecule has 0 spiro atoms. The molecule has 2 saturated heterocycles. The molecule has 5 nitrogen and oxygen atoms in total. The average Bonchev–Trinajstić information content (AvgIpc) is 3.40. The van der Waals surface area contributed by atoms with E-state index in [1.54, 1.807) is 11.3 Å². The summed E-state index contributed by atoms with van der Waals surface area (Å²) in [5, 5.41) is 16.6. The fourth-order valence-corrected chi connectivity index (χ4v) is 5.79. The second kappa shape index (κ2) is 7.86. The Balaban J connectivity index is 1.12. The van der Waals surface area contributed by atoms with Crippen LogP contribution >= 0.6 is 11.3 Å². The number of rotatable bonds is 5. The molecule has 2 aliphatic heterocycles. The number of hydrogen-bond donors (Lipinski definition) is 1. The molecule has 0 bridgehead atoms. The molecule has 0 radical (unpaired) electrons. The Morgan fingerprint density at radius 3 is 2.56 bits per heavy atom. The Kier molecular flexibility index (Phi) is 5.12. The molecule has 1 N–H and O–H groups in total. The number of aromatic nitrogens is 2. The van der Waals surface area contributed by atoms with Crippen LogP contribution in [-0.2, 0) is 4.74 Å². The largest absolute Gasteiger partial charge is 0.381 e. The second-order valence-electron chi connectivity index (χ2n) is 8.42. The summed E-state index contributed by atoms with van der Waals surface area (Å²) in [5.41, 5.74) is 2.10. The molecular formula is C21H28N4OS. The summed E-state index contributed by atoms with van der Waals surface area (Å²) in [6.07, 6.45) is 5.03. The first kappa shape index (κ1) is 17.6. The van der Waals surface area contributed by atoms with Crippen molar-refractivity contribution in [2.24, 2.45) is 17.8 Å². The van der Waals surface area contributed by atoms with Crippen LogP contribution in [-0.4, -0.2) is 54.0 Å². The SMILES string of the molecule is c1cc(-c2ccc(N[C@H]3C[C@@H]4CN(CC5CCOCC5)C[C@@H]4C3)nn2)cs1. The van der Waals surface area contributed by atoms with Gasteiger partial charge in [-0.2, -0.15) is 11.3 Å². The van der Waals surface area contributed by atoms with Gasteiger partial charge in [0, 0.05) is 49.8 Å². The van der Waals surface area contributed by atoms with Crippen molar-refractivity contribution in [2.75, 3.05) is 38.2 Å². The molecule has 5 rings (SSSR count). The van der Waals surface area contributed by atoms with Gasteiger partial charge in [-0.3, -0.25) is 0 Å². The molecule has 27 heavy (non-hydrogen) atoms. The third-order valence-electron chi connectivity index (χ3n) is 6.52. The maximum atomic E-state index is 5.50. The standard InChI is InChI=1S/C21H28N4OS/c1-2-21(24-23-20(1)16-5-8-27-14-16)22-19-9-17-12-25(13-18(17)10-19)11-15-3-6-26-7-4-15/h1-2,5,8,14-15,17-19H,3-4,6-7,9-13H2,(H,22,24)/t17-,18+,19+. The quantitative estimate of drug-likeness (QED) is 0.851. The predicted molar refractivity (Wildman–Crippen MR) is 109 cm³/mol. The van der Waals surface area contributed by atoms with Gasteiger partial charge in [-0.05, 0) is 67.0 Å². The summed E-state index contributed by atoms with van der Waals surface area (Å²) in [6, 6.07) is 6.78. The molecule has 0 unspecified atom stereocenters. The molecule has 1 saturated carbocycles. The van der Waals surface area contributed by atoms with Crippen LogP contribution in [0, 0.1) is 17.8 Å². The van der Waals surface area contributed by atoms with Crippen LogP contribution in [0.4, 0.5) is 5.82 Å². The van der Waals surface area contributed by atoms with Crippen molar-refractivity contribution in [3.05, 3.63) is 29.0 Å². The first-order valence-electron chi connectivity index (χ1n) is 10.3. The monoisotopic (exact) mass is 384 g/mol. The molecule has 1 aliphatic carbocycles. The summed E-state index contributed by atoms with van der Waals surface area (Å²) >= 11 is 1.69. The molecule has 3 fully saturated rings. The summed E-state index contributed by atoms with van der Waals surface area (Å²) in [5.74, 6) is 3.46. The van der Waals surface area contributed by atoms with E-state index in [2.05, 4.69) is 49.4 Å². The fraction of sp³-hybridized carbons (Fsp3) is 0.619. The second-order valence-corrected chi connectivity index (χ2v) is 9.20. The molecule has 144 valence electrons. The van der Waals surface area contributed by atoms with Gasteiger partial charge in [0.1, 0.15) is 5.82 Å². The highest BCUT2D eigenvalue weighted by molar-refractivity contribution is 7.08. The van der Waals surface area contributed by atoms with E-state index in [4.69, 9.17) is 4.74 Å². The summed E-state index contributed by atoms with van der Waals surface area (Å²) in [7, 11) is 0. The normalized spacial score (nSPS) is 29.1. The lowest BCUT2D eigenvalue weighted by atomic mass is 10.00. The highest BCUT2D eigenvalue weighted by Gasteiger charge is 2.41. The minimum Gasteiger partial charge on any atom is -0.381 e. The van der Waals surface area contributed by atoms with Crippen molar-refractivity contribution in [3.8, 4) is 11.3 Å². The van der Waals surface area contributed by atoms with Crippen LogP contribution < -0.4 is 5.32 Å². The predicted octanol–water partition coefficient (Wildman–Crippen LogP) is 3.75. The number of nitrogens with zero attached hydrogens (tertiary/aromatic N) is 3. The van der Waals surface area contributed by atoms with Crippen LogP contribution in [0.1, 0.15) is 25.7 Å². The molecule has 3 atom stereocenters. The van der Waals surface area contributed by atoms with Crippen LogP contribution in [0.5, 0.6) is 0 Å². The summed E-state index contributed by atoms with van der Waals surface area (Å²) < 4.78 is 5.50. The minimum atomic E-state index is 0.548. The van der Waals surface area contributed by atoms with Crippen LogP contribution in [0.15, 0.2) is 29.0 Å². The zero-order chi connectivity index (χ0) is 18.1. The van der Waals surface area contributed by atoms with E-state index in [9.17, 15) is 0 Å². The van der Waals surface area contributed by atoms with Gasteiger partial charge in [0.25, 0.3) is 0 Å². The number of fused-ring (bicyclic) bond motifs is 1.